The fraction of sp³-hybridized carbons (Fsp3) is 0.500. The number of hydrogen-bond donors (Lipinski definition) is 0. The standard InChI is InChI=1S/C6H6Cl2O2/c7-1-4-3-10-6(9)5(4)2-8/h1-3H2. The van der Waals surface area contributed by atoms with Gasteiger partial charge in [0.25, 0.3) is 0 Å². The summed E-state index contributed by atoms with van der Waals surface area (Å²) in [5.74, 6) is 0.194. The molecule has 56 valence electrons. The summed E-state index contributed by atoms with van der Waals surface area (Å²) in [6.45, 7) is 0.310. The van der Waals surface area contributed by atoms with Gasteiger partial charge in [-0.3, -0.25) is 0 Å². The molecule has 0 aromatic heterocycles. The van der Waals surface area contributed by atoms with Gasteiger partial charge in [0.2, 0.25) is 0 Å². The van der Waals surface area contributed by atoms with Crippen molar-refractivity contribution in [3.8, 4) is 0 Å². The zero-order chi connectivity index (χ0) is 7.56. The second-order valence-electron chi connectivity index (χ2n) is 1.93. The van der Waals surface area contributed by atoms with E-state index in [1.54, 1.807) is 0 Å². The van der Waals surface area contributed by atoms with Crippen molar-refractivity contribution in [2.75, 3.05) is 18.4 Å². The topological polar surface area (TPSA) is 26.3 Å². The summed E-state index contributed by atoms with van der Waals surface area (Å²) in [5.41, 5.74) is 1.33. The fourth-order valence-corrected chi connectivity index (χ4v) is 1.28. The van der Waals surface area contributed by atoms with Gasteiger partial charge in [0.15, 0.2) is 0 Å². The first kappa shape index (κ1) is 7.89. The highest BCUT2D eigenvalue weighted by Crippen LogP contribution is 2.17. The summed E-state index contributed by atoms with van der Waals surface area (Å²) in [6.07, 6.45) is 0. The maximum Gasteiger partial charge on any atom is 0.335 e. The Kier molecular flexibility index (Phi) is 2.57. The molecule has 0 saturated heterocycles. The highest BCUT2D eigenvalue weighted by Gasteiger charge is 2.22. The van der Waals surface area contributed by atoms with Crippen molar-refractivity contribution in [3.63, 3.8) is 0 Å². The van der Waals surface area contributed by atoms with Crippen LogP contribution in [0, 0.1) is 0 Å². The molecule has 0 fully saturated rings. The normalized spacial score (nSPS) is 18.0. The Labute approximate surface area is 68.8 Å². The number of halogens is 2. The Morgan fingerprint density at radius 1 is 1.40 bits per heavy atom. The van der Waals surface area contributed by atoms with Gasteiger partial charge in [0.1, 0.15) is 6.61 Å². The van der Waals surface area contributed by atoms with Crippen LogP contribution >= 0.6 is 23.2 Å². The fourth-order valence-electron chi connectivity index (χ4n) is 0.740. The summed E-state index contributed by atoms with van der Waals surface area (Å²) in [5, 5.41) is 0. The van der Waals surface area contributed by atoms with E-state index in [1.165, 1.54) is 0 Å². The van der Waals surface area contributed by atoms with Gasteiger partial charge in [0.05, 0.1) is 11.5 Å². The monoisotopic (exact) mass is 180 g/mol. The Balaban J connectivity index is 2.81. The highest BCUT2D eigenvalue weighted by molar-refractivity contribution is 6.24. The largest absolute Gasteiger partial charge is 0.458 e. The predicted octanol–water partition coefficient (Wildman–Crippen LogP) is 1.32. The van der Waals surface area contributed by atoms with Gasteiger partial charge in [-0.15, -0.1) is 23.2 Å². The van der Waals surface area contributed by atoms with Gasteiger partial charge in [0, 0.05) is 5.88 Å². The molecule has 0 unspecified atom stereocenters. The molecule has 1 aliphatic rings. The third kappa shape index (κ3) is 1.27. The SMILES string of the molecule is O=C1OCC(CCl)=C1CCl. The first-order chi connectivity index (χ1) is 4.79. The molecule has 2 nitrogen and oxygen atoms in total. The van der Waals surface area contributed by atoms with Gasteiger partial charge in [-0.2, -0.15) is 0 Å². The summed E-state index contributed by atoms with van der Waals surface area (Å²) in [7, 11) is 0. The number of carbonyl (C=O) groups is 1. The van der Waals surface area contributed by atoms with Gasteiger partial charge in [-0.25, -0.2) is 4.79 Å². The van der Waals surface area contributed by atoms with Crippen LogP contribution < -0.4 is 0 Å². The van der Waals surface area contributed by atoms with Gasteiger partial charge >= 0.3 is 5.97 Å². The summed E-state index contributed by atoms with van der Waals surface area (Å²) >= 11 is 11.0. The second kappa shape index (κ2) is 3.26. The number of rotatable bonds is 2. The number of carbonyl (C=O) groups excluding carboxylic acids is 1. The van der Waals surface area contributed by atoms with Crippen LogP contribution in [-0.4, -0.2) is 24.3 Å². The Hall–Kier alpha value is -0.210. The lowest BCUT2D eigenvalue weighted by Gasteiger charge is -1.90. The summed E-state index contributed by atoms with van der Waals surface area (Å²) in [6, 6.07) is 0. The van der Waals surface area contributed by atoms with E-state index in [4.69, 9.17) is 23.2 Å². The molecule has 0 saturated carbocycles. The first-order valence-electron chi connectivity index (χ1n) is 2.79. The molecule has 0 N–H and O–H groups in total. The lowest BCUT2D eigenvalue weighted by molar-refractivity contribution is -0.135. The van der Waals surface area contributed by atoms with Crippen molar-refractivity contribution < 1.29 is 9.53 Å². The molecule has 0 aromatic rings. The molecular formula is C6H6Cl2O2. The summed E-state index contributed by atoms with van der Waals surface area (Å²) < 4.78 is 4.68. The van der Waals surface area contributed by atoms with Crippen molar-refractivity contribution in [1.29, 1.82) is 0 Å². The van der Waals surface area contributed by atoms with Crippen molar-refractivity contribution >= 4 is 29.2 Å². The van der Waals surface area contributed by atoms with Crippen molar-refractivity contribution in [2.24, 2.45) is 0 Å². The highest BCUT2D eigenvalue weighted by atomic mass is 35.5. The summed E-state index contributed by atoms with van der Waals surface area (Å²) in [4.78, 5) is 10.8. The van der Waals surface area contributed by atoms with Crippen molar-refractivity contribution in [1.82, 2.24) is 0 Å². The van der Waals surface area contributed by atoms with E-state index >= 15 is 0 Å². The van der Waals surface area contributed by atoms with E-state index in [2.05, 4.69) is 4.74 Å². The second-order valence-corrected chi connectivity index (χ2v) is 2.46. The van der Waals surface area contributed by atoms with Gasteiger partial charge in [-0.05, 0) is 5.57 Å². The lowest BCUT2D eigenvalue weighted by Crippen LogP contribution is -1.99. The van der Waals surface area contributed by atoms with Crippen LogP contribution in [0.4, 0.5) is 0 Å². The number of alkyl halides is 2. The Morgan fingerprint density at radius 3 is 2.50 bits per heavy atom. The molecular weight excluding hydrogens is 175 g/mol. The van der Waals surface area contributed by atoms with Gasteiger partial charge in [-0.1, -0.05) is 0 Å². The molecule has 1 aliphatic heterocycles. The minimum absolute atomic E-state index is 0.195. The van der Waals surface area contributed by atoms with E-state index in [9.17, 15) is 4.79 Å². The molecule has 1 rings (SSSR count). The van der Waals surface area contributed by atoms with E-state index in [-0.39, 0.29) is 11.8 Å². The molecule has 0 aliphatic carbocycles. The van der Waals surface area contributed by atoms with Gasteiger partial charge < -0.3 is 4.74 Å². The van der Waals surface area contributed by atoms with Crippen LogP contribution in [0.3, 0.4) is 0 Å². The maximum atomic E-state index is 10.8. The number of esters is 1. The number of hydrogen-bond acceptors (Lipinski definition) is 2. The van der Waals surface area contributed by atoms with E-state index in [0.717, 1.165) is 5.57 Å². The van der Waals surface area contributed by atoms with Crippen molar-refractivity contribution in [2.45, 2.75) is 0 Å². The zero-order valence-electron chi connectivity index (χ0n) is 5.19. The Morgan fingerprint density at radius 2 is 2.10 bits per heavy atom. The third-order valence-corrected chi connectivity index (χ3v) is 1.94. The van der Waals surface area contributed by atoms with Crippen LogP contribution in [0.5, 0.6) is 0 Å². The number of ether oxygens (including phenoxy) is 1. The molecule has 10 heavy (non-hydrogen) atoms. The third-order valence-electron chi connectivity index (χ3n) is 1.35. The van der Waals surface area contributed by atoms with Crippen LogP contribution in [0.25, 0.3) is 0 Å². The van der Waals surface area contributed by atoms with E-state index in [1.807, 2.05) is 0 Å². The molecule has 4 heteroatoms. The molecule has 0 bridgehead atoms. The molecule has 0 amide bonds. The first-order valence-corrected chi connectivity index (χ1v) is 3.86. The van der Waals surface area contributed by atoms with Crippen LogP contribution in [0.1, 0.15) is 0 Å². The smallest absolute Gasteiger partial charge is 0.335 e. The molecule has 0 spiro atoms. The Bertz CT molecular complexity index is 186. The average Bonchev–Trinajstić information content (AvgIpc) is 2.30. The van der Waals surface area contributed by atoms with E-state index < -0.39 is 0 Å². The maximum absolute atomic E-state index is 10.8. The molecule has 0 radical (unpaired) electrons. The molecule has 1 heterocycles. The minimum atomic E-state index is -0.328. The van der Waals surface area contributed by atoms with Crippen molar-refractivity contribution in [3.05, 3.63) is 11.1 Å². The quantitative estimate of drug-likeness (QED) is 0.474. The average molecular weight is 181 g/mol. The lowest BCUT2D eigenvalue weighted by atomic mass is 10.2. The van der Waals surface area contributed by atoms with E-state index in [0.29, 0.717) is 18.1 Å². The molecule has 0 aromatic carbocycles. The van der Waals surface area contributed by atoms with Crippen LogP contribution in [0.15, 0.2) is 11.1 Å². The van der Waals surface area contributed by atoms with Crippen LogP contribution in [0.2, 0.25) is 0 Å². The number of cyclic esters (lactones) is 1. The van der Waals surface area contributed by atoms with Crippen LogP contribution in [-0.2, 0) is 9.53 Å². The predicted molar refractivity (Wildman–Crippen MR) is 39.4 cm³/mol. The zero-order valence-corrected chi connectivity index (χ0v) is 6.71. The minimum Gasteiger partial charge on any atom is -0.458 e. The molecule has 0 atom stereocenters.